The Hall–Kier alpha value is -1.02. The van der Waals surface area contributed by atoms with Crippen LogP contribution in [0.4, 0.5) is 0 Å². The minimum absolute atomic E-state index is 0.378. The van der Waals surface area contributed by atoms with Crippen molar-refractivity contribution in [2.24, 2.45) is 5.92 Å². The van der Waals surface area contributed by atoms with Gasteiger partial charge in [0.15, 0.2) is 0 Å². The summed E-state index contributed by atoms with van der Waals surface area (Å²) >= 11 is 0. The van der Waals surface area contributed by atoms with Gasteiger partial charge in [-0.2, -0.15) is 0 Å². The van der Waals surface area contributed by atoms with Crippen LogP contribution in [-0.4, -0.2) is 14.2 Å². The van der Waals surface area contributed by atoms with E-state index in [9.17, 15) is 0 Å². The summed E-state index contributed by atoms with van der Waals surface area (Å²) in [6.45, 7) is 8.82. The second-order valence-electron chi connectivity index (χ2n) is 5.51. The lowest BCUT2D eigenvalue weighted by Crippen LogP contribution is -2.19. The SMILES string of the molecule is CNC(CCC(C)C)c1c(C)cc(C)cc1OC. The molecular formula is C16H27NO. The average Bonchev–Trinajstić information content (AvgIpc) is 2.30. The standard InChI is InChI=1S/C16H27NO/c1-11(2)7-8-14(17-5)16-13(4)9-12(3)10-15(16)18-6/h9-11,14,17H,7-8H2,1-6H3. The highest BCUT2D eigenvalue weighted by atomic mass is 16.5. The van der Waals surface area contributed by atoms with Gasteiger partial charge in [0.25, 0.3) is 0 Å². The van der Waals surface area contributed by atoms with Crippen LogP contribution >= 0.6 is 0 Å². The van der Waals surface area contributed by atoms with Gasteiger partial charge in [0.2, 0.25) is 0 Å². The Bertz CT molecular complexity index is 385. The third-order valence-electron chi connectivity index (χ3n) is 3.44. The van der Waals surface area contributed by atoms with Crippen LogP contribution < -0.4 is 10.1 Å². The van der Waals surface area contributed by atoms with E-state index in [1.807, 2.05) is 7.05 Å². The maximum atomic E-state index is 5.56. The molecule has 0 aromatic heterocycles. The van der Waals surface area contributed by atoms with E-state index in [1.165, 1.54) is 23.1 Å². The van der Waals surface area contributed by atoms with Gasteiger partial charge in [-0.3, -0.25) is 0 Å². The van der Waals surface area contributed by atoms with Crippen LogP contribution in [0.3, 0.4) is 0 Å². The molecule has 0 bridgehead atoms. The van der Waals surface area contributed by atoms with E-state index in [-0.39, 0.29) is 0 Å². The molecule has 1 aromatic carbocycles. The van der Waals surface area contributed by atoms with Gasteiger partial charge in [-0.15, -0.1) is 0 Å². The molecule has 1 aromatic rings. The fraction of sp³-hybridized carbons (Fsp3) is 0.625. The Morgan fingerprint density at radius 3 is 2.33 bits per heavy atom. The Balaban J connectivity index is 3.04. The highest BCUT2D eigenvalue weighted by molar-refractivity contribution is 5.45. The summed E-state index contributed by atoms with van der Waals surface area (Å²) in [5.74, 6) is 1.74. The molecule has 0 saturated heterocycles. The fourth-order valence-electron chi connectivity index (χ4n) is 2.49. The van der Waals surface area contributed by atoms with Crippen LogP contribution in [0.2, 0.25) is 0 Å². The molecular weight excluding hydrogens is 222 g/mol. The molecule has 0 saturated carbocycles. The van der Waals surface area contributed by atoms with Crippen molar-refractivity contribution in [2.45, 2.75) is 46.6 Å². The third kappa shape index (κ3) is 3.74. The molecule has 0 amide bonds. The molecule has 0 aliphatic carbocycles. The van der Waals surface area contributed by atoms with Gasteiger partial charge in [-0.1, -0.05) is 19.9 Å². The largest absolute Gasteiger partial charge is 0.496 e. The number of hydrogen-bond donors (Lipinski definition) is 1. The van der Waals surface area contributed by atoms with Crippen LogP contribution in [-0.2, 0) is 0 Å². The van der Waals surface area contributed by atoms with E-state index in [4.69, 9.17) is 4.74 Å². The van der Waals surface area contributed by atoms with Crippen LogP contribution in [0, 0.1) is 19.8 Å². The van der Waals surface area contributed by atoms with Gasteiger partial charge in [-0.25, -0.2) is 0 Å². The molecule has 0 aliphatic heterocycles. The molecule has 2 nitrogen and oxygen atoms in total. The first-order chi connectivity index (χ1) is 8.49. The first-order valence-electron chi connectivity index (χ1n) is 6.82. The van der Waals surface area contributed by atoms with Gasteiger partial charge in [-0.05, 0) is 56.8 Å². The van der Waals surface area contributed by atoms with E-state index in [0.717, 1.165) is 18.1 Å². The maximum Gasteiger partial charge on any atom is 0.124 e. The van der Waals surface area contributed by atoms with E-state index in [1.54, 1.807) is 7.11 Å². The van der Waals surface area contributed by atoms with Crippen molar-refractivity contribution in [3.05, 3.63) is 28.8 Å². The number of rotatable bonds is 6. The lowest BCUT2D eigenvalue weighted by molar-refractivity contribution is 0.391. The fourth-order valence-corrected chi connectivity index (χ4v) is 2.49. The zero-order chi connectivity index (χ0) is 13.7. The molecule has 102 valence electrons. The van der Waals surface area contributed by atoms with Crippen molar-refractivity contribution in [1.29, 1.82) is 0 Å². The molecule has 1 rings (SSSR count). The van der Waals surface area contributed by atoms with Crippen molar-refractivity contribution < 1.29 is 4.74 Å². The lowest BCUT2D eigenvalue weighted by Gasteiger charge is -2.23. The zero-order valence-corrected chi connectivity index (χ0v) is 12.6. The number of aryl methyl sites for hydroxylation is 2. The van der Waals surface area contributed by atoms with Crippen LogP contribution in [0.5, 0.6) is 5.75 Å². The molecule has 0 heterocycles. The molecule has 2 heteroatoms. The average molecular weight is 249 g/mol. The molecule has 1 unspecified atom stereocenters. The summed E-state index contributed by atoms with van der Waals surface area (Å²) < 4.78 is 5.56. The van der Waals surface area contributed by atoms with Crippen molar-refractivity contribution in [1.82, 2.24) is 5.32 Å². The zero-order valence-electron chi connectivity index (χ0n) is 12.6. The van der Waals surface area contributed by atoms with Crippen molar-refractivity contribution in [2.75, 3.05) is 14.2 Å². The predicted molar refractivity (Wildman–Crippen MR) is 78.3 cm³/mol. The second kappa shape index (κ2) is 6.79. The second-order valence-corrected chi connectivity index (χ2v) is 5.51. The number of ether oxygens (including phenoxy) is 1. The van der Waals surface area contributed by atoms with Crippen molar-refractivity contribution >= 4 is 0 Å². The molecule has 0 aliphatic rings. The lowest BCUT2D eigenvalue weighted by atomic mass is 9.93. The molecule has 1 atom stereocenters. The number of methoxy groups -OCH3 is 1. The minimum atomic E-state index is 0.378. The predicted octanol–water partition coefficient (Wildman–Crippen LogP) is 4.01. The van der Waals surface area contributed by atoms with Gasteiger partial charge in [0, 0.05) is 11.6 Å². The number of nitrogens with one attached hydrogen (secondary N) is 1. The number of benzene rings is 1. The van der Waals surface area contributed by atoms with Crippen molar-refractivity contribution in [3.8, 4) is 5.75 Å². The summed E-state index contributed by atoms with van der Waals surface area (Å²) in [6, 6.07) is 4.74. The summed E-state index contributed by atoms with van der Waals surface area (Å²) in [5, 5.41) is 3.43. The van der Waals surface area contributed by atoms with E-state index < -0.39 is 0 Å². The first kappa shape index (κ1) is 15.0. The van der Waals surface area contributed by atoms with Gasteiger partial charge >= 0.3 is 0 Å². The molecule has 0 spiro atoms. The summed E-state index contributed by atoms with van der Waals surface area (Å²) in [6.07, 6.45) is 2.37. The Morgan fingerprint density at radius 2 is 1.83 bits per heavy atom. The smallest absolute Gasteiger partial charge is 0.124 e. The van der Waals surface area contributed by atoms with E-state index in [2.05, 4.69) is 45.1 Å². The van der Waals surface area contributed by atoms with Crippen molar-refractivity contribution in [3.63, 3.8) is 0 Å². The summed E-state index contributed by atoms with van der Waals surface area (Å²) in [7, 11) is 3.79. The highest BCUT2D eigenvalue weighted by Gasteiger charge is 2.17. The van der Waals surface area contributed by atoms with E-state index >= 15 is 0 Å². The number of hydrogen-bond acceptors (Lipinski definition) is 2. The summed E-state index contributed by atoms with van der Waals surface area (Å²) in [5.41, 5.74) is 3.88. The Kier molecular flexibility index (Phi) is 5.67. The molecule has 0 fully saturated rings. The van der Waals surface area contributed by atoms with E-state index in [0.29, 0.717) is 6.04 Å². The minimum Gasteiger partial charge on any atom is -0.496 e. The molecule has 0 radical (unpaired) electrons. The quantitative estimate of drug-likeness (QED) is 0.822. The normalized spacial score (nSPS) is 12.8. The monoisotopic (exact) mass is 249 g/mol. The van der Waals surface area contributed by atoms with Crippen LogP contribution in [0.25, 0.3) is 0 Å². The Morgan fingerprint density at radius 1 is 1.17 bits per heavy atom. The van der Waals surface area contributed by atoms with Crippen LogP contribution in [0.15, 0.2) is 12.1 Å². The first-order valence-corrected chi connectivity index (χ1v) is 6.82. The third-order valence-corrected chi connectivity index (χ3v) is 3.44. The maximum absolute atomic E-state index is 5.56. The van der Waals surface area contributed by atoms with Gasteiger partial charge in [0.05, 0.1) is 7.11 Å². The van der Waals surface area contributed by atoms with Gasteiger partial charge < -0.3 is 10.1 Å². The Labute approximate surface area is 112 Å². The molecule has 18 heavy (non-hydrogen) atoms. The van der Waals surface area contributed by atoms with Gasteiger partial charge in [0.1, 0.15) is 5.75 Å². The molecule has 1 N–H and O–H groups in total. The van der Waals surface area contributed by atoms with Crippen LogP contribution in [0.1, 0.15) is 49.4 Å². The summed E-state index contributed by atoms with van der Waals surface area (Å²) in [4.78, 5) is 0. The highest BCUT2D eigenvalue weighted by Crippen LogP contribution is 2.32. The topological polar surface area (TPSA) is 21.3 Å².